The molecule has 3 aromatic carbocycles. The zero-order chi connectivity index (χ0) is 26.0. The lowest BCUT2D eigenvalue weighted by molar-refractivity contribution is -0.139. The molecule has 1 heterocycles. The molecular weight excluding hydrogens is 526 g/mol. The van der Waals surface area contributed by atoms with Crippen LogP contribution in [0, 0.1) is 11.7 Å². The molecule has 1 aliphatic rings. The highest BCUT2D eigenvalue weighted by molar-refractivity contribution is 6.35. The Balaban J connectivity index is 1.86. The van der Waals surface area contributed by atoms with Gasteiger partial charge in [0.05, 0.1) is 17.2 Å². The first-order valence-electron chi connectivity index (χ1n) is 11.3. The highest BCUT2D eigenvalue weighted by atomic mass is 35.5. The Morgan fingerprint density at radius 2 is 1.81 bits per heavy atom. The van der Waals surface area contributed by atoms with E-state index in [-0.39, 0.29) is 28.4 Å². The molecule has 1 aliphatic heterocycles. The molecule has 0 saturated carbocycles. The van der Waals surface area contributed by atoms with E-state index < -0.39 is 24.8 Å². The molecular formula is C28H24Cl3FO4. The highest BCUT2D eigenvalue weighted by Crippen LogP contribution is 2.55. The smallest absolute Gasteiger partial charge is 0.341 e. The zero-order valence-electron chi connectivity index (χ0n) is 19.4. The molecule has 0 aromatic heterocycles. The number of hydrogen-bond donors (Lipinski definition) is 1. The predicted octanol–water partition coefficient (Wildman–Crippen LogP) is 8.43. The second-order valence-corrected chi connectivity index (χ2v) is 10.1. The molecule has 4 atom stereocenters. The van der Waals surface area contributed by atoms with Crippen LogP contribution in [0.1, 0.15) is 48.2 Å². The fraction of sp³-hybridized carbons (Fsp3) is 0.250. The third-order valence-corrected chi connectivity index (χ3v) is 7.17. The van der Waals surface area contributed by atoms with Gasteiger partial charge in [0.25, 0.3) is 0 Å². The van der Waals surface area contributed by atoms with E-state index in [1.54, 1.807) is 12.1 Å². The Kier molecular flexibility index (Phi) is 8.26. The molecule has 0 aliphatic carbocycles. The average Bonchev–Trinajstić information content (AvgIpc) is 2.82. The van der Waals surface area contributed by atoms with Crippen LogP contribution in [0.3, 0.4) is 0 Å². The van der Waals surface area contributed by atoms with Gasteiger partial charge in [-0.3, -0.25) is 0 Å². The summed E-state index contributed by atoms with van der Waals surface area (Å²) < 4.78 is 26.6. The lowest BCUT2D eigenvalue weighted by Crippen LogP contribution is -2.32. The van der Waals surface area contributed by atoms with E-state index >= 15 is 0 Å². The summed E-state index contributed by atoms with van der Waals surface area (Å²) >= 11 is 19.4. The fourth-order valence-corrected chi connectivity index (χ4v) is 5.60. The molecule has 1 saturated heterocycles. The Morgan fingerprint density at radius 1 is 1.06 bits per heavy atom. The van der Waals surface area contributed by atoms with E-state index in [2.05, 4.69) is 6.58 Å². The molecule has 4 rings (SSSR count). The van der Waals surface area contributed by atoms with E-state index in [1.807, 2.05) is 37.3 Å². The summed E-state index contributed by atoms with van der Waals surface area (Å²) in [5, 5.41) is 10.3. The molecule has 3 aromatic rings. The highest BCUT2D eigenvalue weighted by Gasteiger charge is 2.42. The van der Waals surface area contributed by atoms with Crippen molar-refractivity contribution in [1.82, 2.24) is 0 Å². The molecule has 0 bridgehead atoms. The van der Waals surface area contributed by atoms with Gasteiger partial charge >= 0.3 is 5.97 Å². The second-order valence-electron chi connectivity index (χ2n) is 8.84. The Bertz CT molecular complexity index is 1300. The van der Waals surface area contributed by atoms with Gasteiger partial charge < -0.3 is 14.6 Å². The van der Waals surface area contributed by atoms with Crippen LogP contribution in [0.25, 0.3) is 0 Å². The summed E-state index contributed by atoms with van der Waals surface area (Å²) in [6.45, 7) is 5.50. The van der Waals surface area contributed by atoms with Crippen molar-refractivity contribution >= 4 is 40.8 Å². The SMILES string of the molecule is C=C(C)[C@H]1C[C@H](c2ccccc2Cl)[C@H](c2cccc(F)c2)O[C@@H]1c1cc(Cl)cc(Cl)c1OCC(=O)O. The third kappa shape index (κ3) is 5.70. The van der Waals surface area contributed by atoms with Crippen LogP contribution in [0.5, 0.6) is 5.75 Å². The number of carbonyl (C=O) groups is 1. The van der Waals surface area contributed by atoms with Crippen molar-refractivity contribution in [2.75, 3.05) is 6.61 Å². The first-order chi connectivity index (χ1) is 17.2. The lowest BCUT2D eigenvalue weighted by Gasteiger charge is -2.43. The van der Waals surface area contributed by atoms with E-state index in [4.69, 9.17) is 44.3 Å². The van der Waals surface area contributed by atoms with Crippen LogP contribution in [-0.4, -0.2) is 17.7 Å². The number of carboxylic acids is 1. The summed E-state index contributed by atoms with van der Waals surface area (Å²) in [5.41, 5.74) is 2.87. The zero-order valence-corrected chi connectivity index (χ0v) is 21.7. The number of hydrogen-bond acceptors (Lipinski definition) is 3. The van der Waals surface area contributed by atoms with Gasteiger partial charge in [0.1, 0.15) is 11.6 Å². The molecule has 1 N–H and O–H groups in total. The van der Waals surface area contributed by atoms with Gasteiger partial charge in [0, 0.05) is 27.4 Å². The van der Waals surface area contributed by atoms with Gasteiger partial charge in [0.2, 0.25) is 0 Å². The first-order valence-corrected chi connectivity index (χ1v) is 12.4. The minimum Gasteiger partial charge on any atom is -0.480 e. The van der Waals surface area contributed by atoms with Gasteiger partial charge in [-0.05, 0) is 54.8 Å². The summed E-state index contributed by atoms with van der Waals surface area (Å²) in [7, 11) is 0. The maximum absolute atomic E-state index is 14.3. The lowest BCUT2D eigenvalue weighted by atomic mass is 9.74. The molecule has 0 amide bonds. The number of aliphatic carboxylic acids is 1. The summed E-state index contributed by atoms with van der Waals surface area (Å²) in [4.78, 5) is 11.2. The molecule has 8 heteroatoms. The van der Waals surface area contributed by atoms with Crippen molar-refractivity contribution in [1.29, 1.82) is 0 Å². The number of halogens is 4. The standard InChI is InChI=1S/C28H24Cl3FO4/c1-15(2)20-13-21(19-8-3-4-9-23(19)30)26(16-6-5-7-18(32)10-16)36-27(20)22-11-17(29)12-24(31)28(22)35-14-25(33)34/h3-12,20-21,26-27H,1,13-14H2,2H3,(H,33,34)/t20-,21-,26+,27+/m1/s1. The van der Waals surface area contributed by atoms with Gasteiger partial charge in [-0.2, -0.15) is 0 Å². The summed E-state index contributed by atoms with van der Waals surface area (Å²) in [6.07, 6.45) is -0.645. The van der Waals surface area contributed by atoms with Gasteiger partial charge in [-0.25, -0.2) is 9.18 Å². The quantitative estimate of drug-likeness (QED) is 0.301. The fourth-order valence-electron chi connectivity index (χ4n) is 4.76. The number of carboxylic acid groups (broad SMARTS) is 1. The largest absolute Gasteiger partial charge is 0.480 e. The van der Waals surface area contributed by atoms with Gasteiger partial charge in [-0.1, -0.05) is 77.3 Å². The van der Waals surface area contributed by atoms with Crippen LogP contribution in [0.2, 0.25) is 15.1 Å². The van der Waals surface area contributed by atoms with Crippen molar-refractivity contribution < 1.29 is 23.8 Å². The molecule has 1 fully saturated rings. The van der Waals surface area contributed by atoms with Crippen molar-refractivity contribution in [3.63, 3.8) is 0 Å². The number of ether oxygens (including phenoxy) is 2. The predicted molar refractivity (Wildman–Crippen MR) is 140 cm³/mol. The van der Waals surface area contributed by atoms with Gasteiger partial charge in [-0.15, -0.1) is 0 Å². The second kappa shape index (κ2) is 11.2. The van der Waals surface area contributed by atoms with Crippen molar-refractivity contribution in [2.24, 2.45) is 5.92 Å². The van der Waals surface area contributed by atoms with E-state index in [0.29, 0.717) is 27.6 Å². The molecule has 4 nitrogen and oxygen atoms in total. The summed E-state index contributed by atoms with van der Waals surface area (Å²) in [6, 6.07) is 16.9. The van der Waals surface area contributed by atoms with Crippen LogP contribution in [-0.2, 0) is 9.53 Å². The van der Waals surface area contributed by atoms with Gasteiger partial charge in [0.15, 0.2) is 6.61 Å². The van der Waals surface area contributed by atoms with Crippen molar-refractivity contribution in [3.05, 3.63) is 110 Å². The van der Waals surface area contributed by atoms with Crippen LogP contribution < -0.4 is 4.74 Å². The Morgan fingerprint density at radius 3 is 2.47 bits per heavy atom. The Labute approximate surface area is 224 Å². The maximum atomic E-state index is 14.3. The van der Waals surface area contributed by atoms with Crippen LogP contribution in [0.15, 0.2) is 72.8 Å². The van der Waals surface area contributed by atoms with E-state index in [0.717, 1.165) is 11.1 Å². The number of rotatable bonds is 7. The normalized spacial score (nSPS) is 21.7. The monoisotopic (exact) mass is 548 g/mol. The van der Waals surface area contributed by atoms with Crippen LogP contribution >= 0.6 is 34.8 Å². The minimum atomic E-state index is -1.15. The van der Waals surface area contributed by atoms with Crippen LogP contribution in [0.4, 0.5) is 4.39 Å². The molecule has 0 unspecified atom stereocenters. The molecule has 188 valence electrons. The molecule has 0 spiro atoms. The Hall–Kier alpha value is -2.57. The minimum absolute atomic E-state index is 0.165. The number of benzene rings is 3. The molecule has 36 heavy (non-hydrogen) atoms. The summed E-state index contributed by atoms with van der Waals surface area (Å²) in [5.74, 6) is -1.79. The first kappa shape index (κ1) is 26.5. The van der Waals surface area contributed by atoms with Crippen molar-refractivity contribution in [2.45, 2.75) is 31.5 Å². The topological polar surface area (TPSA) is 55.8 Å². The van der Waals surface area contributed by atoms with Crippen molar-refractivity contribution in [3.8, 4) is 5.75 Å². The third-order valence-electron chi connectivity index (χ3n) is 6.33. The van der Waals surface area contributed by atoms with E-state index in [1.165, 1.54) is 18.2 Å². The average molecular weight is 550 g/mol. The molecule has 0 radical (unpaired) electrons. The van der Waals surface area contributed by atoms with E-state index in [9.17, 15) is 14.3 Å². The maximum Gasteiger partial charge on any atom is 0.341 e.